The Morgan fingerprint density at radius 3 is 2.75 bits per heavy atom. The molecule has 0 aromatic carbocycles. The van der Waals surface area contributed by atoms with E-state index in [1.807, 2.05) is 18.4 Å². The van der Waals surface area contributed by atoms with E-state index in [2.05, 4.69) is 34.3 Å². The second-order valence-electron chi connectivity index (χ2n) is 4.11. The van der Waals surface area contributed by atoms with Crippen molar-refractivity contribution in [2.24, 2.45) is 4.99 Å². The zero-order valence-corrected chi connectivity index (χ0v) is 10.8. The fraction of sp³-hybridized carbons (Fsp3) is 0.583. The van der Waals surface area contributed by atoms with E-state index in [9.17, 15) is 0 Å². The third-order valence-corrected chi connectivity index (χ3v) is 3.83. The van der Waals surface area contributed by atoms with Crippen LogP contribution in [0.2, 0.25) is 0 Å². The number of guanidine groups is 1. The average molecular weight is 237 g/mol. The van der Waals surface area contributed by atoms with E-state index in [-0.39, 0.29) is 0 Å². The number of thiophene rings is 1. The van der Waals surface area contributed by atoms with Crippen molar-refractivity contribution < 1.29 is 0 Å². The molecular formula is C12H19N3S. The Kier molecular flexibility index (Phi) is 3.83. The molecule has 1 N–H and O–H groups in total. The molecule has 1 saturated heterocycles. The summed E-state index contributed by atoms with van der Waals surface area (Å²) in [5.74, 6) is 1.04. The van der Waals surface area contributed by atoms with Crippen LogP contribution in [-0.4, -0.2) is 31.0 Å². The maximum atomic E-state index is 4.33. The Bertz CT molecular complexity index is 364. The zero-order valence-electron chi connectivity index (χ0n) is 9.99. The van der Waals surface area contributed by atoms with E-state index in [1.165, 1.54) is 22.6 Å². The van der Waals surface area contributed by atoms with E-state index < -0.39 is 0 Å². The number of hydrogen-bond acceptors (Lipinski definition) is 2. The number of nitrogens with zero attached hydrogens (tertiary/aromatic N) is 2. The molecule has 1 aromatic heterocycles. The van der Waals surface area contributed by atoms with Gasteiger partial charge in [0.25, 0.3) is 0 Å². The van der Waals surface area contributed by atoms with Crippen molar-refractivity contribution in [2.75, 3.05) is 20.1 Å². The smallest absolute Gasteiger partial charge is 0.193 e. The Labute approximate surface area is 101 Å². The van der Waals surface area contributed by atoms with Gasteiger partial charge in [0, 0.05) is 29.9 Å². The van der Waals surface area contributed by atoms with Gasteiger partial charge >= 0.3 is 0 Å². The van der Waals surface area contributed by atoms with Gasteiger partial charge in [-0.05, 0) is 31.9 Å². The van der Waals surface area contributed by atoms with E-state index >= 15 is 0 Å². The molecule has 0 amide bonds. The highest BCUT2D eigenvalue weighted by Crippen LogP contribution is 2.15. The standard InChI is InChI=1S/C12H19N3S/c1-10-5-6-11(16-10)9-14-12(13-2)15-7-3-4-8-15/h5-6H,3-4,7-9H2,1-2H3,(H,13,14). The summed E-state index contributed by atoms with van der Waals surface area (Å²) in [6.07, 6.45) is 2.58. The van der Waals surface area contributed by atoms with Crippen LogP contribution in [0.1, 0.15) is 22.6 Å². The van der Waals surface area contributed by atoms with Gasteiger partial charge in [0.05, 0.1) is 6.54 Å². The van der Waals surface area contributed by atoms with E-state index in [4.69, 9.17) is 0 Å². The molecule has 16 heavy (non-hydrogen) atoms. The third kappa shape index (κ3) is 2.76. The predicted molar refractivity (Wildman–Crippen MR) is 70.1 cm³/mol. The fourth-order valence-corrected chi connectivity index (χ4v) is 2.84. The Hall–Kier alpha value is -1.03. The minimum absolute atomic E-state index is 0.891. The minimum Gasteiger partial charge on any atom is -0.351 e. The lowest BCUT2D eigenvalue weighted by molar-refractivity contribution is 0.494. The van der Waals surface area contributed by atoms with Gasteiger partial charge in [-0.1, -0.05) is 0 Å². The Balaban J connectivity index is 1.88. The topological polar surface area (TPSA) is 27.6 Å². The van der Waals surface area contributed by atoms with Crippen LogP contribution in [0.5, 0.6) is 0 Å². The zero-order chi connectivity index (χ0) is 11.4. The first-order valence-electron chi connectivity index (χ1n) is 5.80. The lowest BCUT2D eigenvalue weighted by atomic mass is 10.4. The largest absolute Gasteiger partial charge is 0.351 e. The molecule has 1 fully saturated rings. The van der Waals surface area contributed by atoms with Crippen LogP contribution >= 0.6 is 11.3 Å². The van der Waals surface area contributed by atoms with Crippen molar-refractivity contribution in [1.82, 2.24) is 10.2 Å². The van der Waals surface area contributed by atoms with Gasteiger partial charge in [-0.2, -0.15) is 0 Å². The predicted octanol–water partition coefficient (Wildman–Crippen LogP) is 2.23. The van der Waals surface area contributed by atoms with Gasteiger partial charge in [-0.3, -0.25) is 4.99 Å². The highest BCUT2D eigenvalue weighted by atomic mass is 32.1. The van der Waals surface area contributed by atoms with Gasteiger partial charge in [0.1, 0.15) is 0 Å². The summed E-state index contributed by atoms with van der Waals surface area (Å²) < 4.78 is 0. The van der Waals surface area contributed by atoms with Crippen molar-refractivity contribution in [1.29, 1.82) is 0 Å². The summed E-state index contributed by atoms with van der Waals surface area (Å²) in [5, 5.41) is 3.43. The van der Waals surface area contributed by atoms with Crippen molar-refractivity contribution in [3.05, 3.63) is 21.9 Å². The molecule has 0 atom stereocenters. The van der Waals surface area contributed by atoms with Gasteiger partial charge in [-0.15, -0.1) is 11.3 Å². The number of nitrogens with one attached hydrogen (secondary N) is 1. The molecule has 4 heteroatoms. The quantitative estimate of drug-likeness (QED) is 0.631. The molecule has 2 rings (SSSR count). The van der Waals surface area contributed by atoms with Crippen molar-refractivity contribution in [2.45, 2.75) is 26.3 Å². The van der Waals surface area contributed by atoms with Gasteiger partial charge in [0.2, 0.25) is 0 Å². The van der Waals surface area contributed by atoms with Crippen LogP contribution in [-0.2, 0) is 6.54 Å². The first kappa shape index (κ1) is 11.5. The average Bonchev–Trinajstić information content (AvgIpc) is 2.91. The normalized spacial score (nSPS) is 16.9. The minimum atomic E-state index is 0.891. The summed E-state index contributed by atoms with van der Waals surface area (Å²) in [6.45, 7) is 5.32. The maximum absolute atomic E-state index is 4.33. The maximum Gasteiger partial charge on any atom is 0.193 e. The molecule has 1 aliphatic rings. The van der Waals surface area contributed by atoms with Crippen LogP contribution in [0.25, 0.3) is 0 Å². The van der Waals surface area contributed by atoms with Crippen LogP contribution in [0, 0.1) is 6.92 Å². The number of rotatable bonds is 2. The number of aryl methyl sites for hydroxylation is 1. The lowest BCUT2D eigenvalue weighted by Crippen LogP contribution is -2.38. The molecule has 1 aromatic rings. The van der Waals surface area contributed by atoms with Crippen molar-refractivity contribution in [3.63, 3.8) is 0 Å². The highest BCUT2D eigenvalue weighted by molar-refractivity contribution is 7.11. The number of aliphatic imine (C=N–C) groups is 1. The molecule has 0 bridgehead atoms. The van der Waals surface area contributed by atoms with Crippen LogP contribution < -0.4 is 5.32 Å². The molecule has 88 valence electrons. The Morgan fingerprint density at radius 1 is 1.44 bits per heavy atom. The highest BCUT2D eigenvalue weighted by Gasteiger charge is 2.15. The molecule has 0 radical (unpaired) electrons. The SMILES string of the molecule is CN=C(NCc1ccc(C)s1)N1CCCC1. The molecule has 3 nitrogen and oxygen atoms in total. The first-order valence-corrected chi connectivity index (χ1v) is 6.62. The molecular weight excluding hydrogens is 218 g/mol. The van der Waals surface area contributed by atoms with Crippen LogP contribution in [0.4, 0.5) is 0 Å². The van der Waals surface area contributed by atoms with E-state index in [0.29, 0.717) is 0 Å². The van der Waals surface area contributed by atoms with Gasteiger partial charge in [0.15, 0.2) is 5.96 Å². The van der Waals surface area contributed by atoms with Gasteiger partial charge < -0.3 is 10.2 Å². The summed E-state index contributed by atoms with van der Waals surface area (Å²) in [6, 6.07) is 4.35. The molecule has 0 spiro atoms. The summed E-state index contributed by atoms with van der Waals surface area (Å²) in [4.78, 5) is 9.40. The third-order valence-electron chi connectivity index (χ3n) is 2.83. The summed E-state index contributed by atoms with van der Waals surface area (Å²) in [5.41, 5.74) is 0. The molecule has 0 aliphatic carbocycles. The monoisotopic (exact) mass is 237 g/mol. The number of hydrogen-bond donors (Lipinski definition) is 1. The van der Waals surface area contributed by atoms with E-state index in [1.54, 1.807) is 0 Å². The molecule has 0 unspecified atom stereocenters. The van der Waals surface area contributed by atoms with Crippen LogP contribution in [0.15, 0.2) is 17.1 Å². The first-order chi connectivity index (χ1) is 7.79. The Morgan fingerprint density at radius 2 is 2.19 bits per heavy atom. The van der Waals surface area contributed by atoms with Gasteiger partial charge in [-0.25, -0.2) is 0 Å². The fourth-order valence-electron chi connectivity index (χ4n) is 2.01. The van der Waals surface area contributed by atoms with Crippen molar-refractivity contribution >= 4 is 17.3 Å². The number of likely N-dealkylation sites (tertiary alicyclic amines) is 1. The summed E-state index contributed by atoms with van der Waals surface area (Å²) in [7, 11) is 1.86. The molecule has 0 saturated carbocycles. The van der Waals surface area contributed by atoms with E-state index in [0.717, 1.165) is 25.6 Å². The second kappa shape index (κ2) is 5.34. The van der Waals surface area contributed by atoms with Crippen molar-refractivity contribution in [3.8, 4) is 0 Å². The molecule has 1 aliphatic heterocycles. The summed E-state index contributed by atoms with van der Waals surface area (Å²) >= 11 is 1.85. The lowest BCUT2D eigenvalue weighted by Gasteiger charge is -2.20. The molecule has 2 heterocycles. The second-order valence-corrected chi connectivity index (χ2v) is 5.48. The van der Waals surface area contributed by atoms with Crippen LogP contribution in [0.3, 0.4) is 0 Å².